The van der Waals surface area contributed by atoms with Gasteiger partial charge >= 0.3 is 0 Å². The maximum absolute atomic E-state index is 12.6. The van der Waals surface area contributed by atoms with E-state index in [0.29, 0.717) is 31.7 Å². The first-order chi connectivity index (χ1) is 10.5. The molecule has 0 bridgehead atoms. The molecule has 2 rings (SSSR count). The molecule has 0 aromatic heterocycles. The van der Waals surface area contributed by atoms with Gasteiger partial charge in [0.05, 0.1) is 17.4 Å². The van der Waals surface area contributed by atoms with E-state index in [4.69, 9.17) is 10.6 Å². The highest BCUT2D eigenvalue weighted by Gasteiger charge is 2.33. The van der Waals surface area contributed by atoms with Gasteiger partial charge in [0.25, 0.3) is 0 Å². The molecule has 0 unspecified atom stereocenters. The van der Waals surface area contributed by atoms with Gasteiger partial charge in [-0.25, -0.2) is 14.3 Å². The highest BCUT2D eigenvalue weighted by Crippen LogP contribution is 2.25. The molecule has 7 nitrogen and oxygen atoms in total. The summed E-state index contributed by atoms with van der Waals surface area (Å²) in [5.41, 5.74) is 2.09. The van der Waals surface area contributed by atoms with Crippen molar-refractivity contribution in [2.45, 2.75) is 24.7 Å². The van der Waals surface area contributed by atoms with Crippen LogP contribution in [0.5, 0.6) is 5.75 Å². The summed E-state index contributed by atoms with van der Waals surface area (Å²) in [4.78, 5) is 11.8. The Morgan fingerprint density at radius 3 is 2.68 bits per heavy atom. The summed E-state index contributed by atoms with van der Waals surface area (Å²) in [6.45, 7) is 2.94. The van der Waals surface area contributed by atoms with Crippen molar-refractivity contribution in [3.8, 4) is 5.75 Å². The number of hydrogen-bond acceptors (Lipinski definition) is 5. The maximum Gasteiger partial charge on any atom is 0.243 e. The third kappa shape index (κ3) is 3.57. The molecule has 1 aliphatic rings. The number of hydrazine groups is 1. The van der Waals surface area contributed by atoms with Crippen LogP contribution in [0.15, 0.2) is 29.2 Å². The summed E-state index contributed by atoms with van der Waals surface area (Å²) < 4.78 is 31.9. The summed E-state index contributed by atoms with van der Waals surface area (Å²) in [6, 6.07) is 6.30. The second kappa shape index (κ2) is 7.08. The second-order valence-corrected chi connectivity index (χ2v) is 7.05. The van der Waals surface area contributed by atoms with Gasteiger partial charge in [-0.15, -0.1) is 0 Å². The maximum atomic E-state index is 12.6. The first-order valence-electron chi connectivity index (χ1n) is 7.22. The van der Waals surface area contributed by atoms with Crippen LogP contribution in [0.3, 0.4) is 0 Å². The minimum absolute atomic E-state index is 0.151. The number of benzene rings is 1. The van der Waals surface area contributed by atoms with E-state index in [9.17, 15) is 13.2 Å². The van der Waals surface area contributed by atoms with Crippen molar-refractivity contribution >= 4 is 15.9 Å². The quantitative estimate of drug-likeness (QED) is 0.465. The van der Waals surface area contributed by atoms with Crippen LogP contribution in [0, 0.1) is 5.92 Å². The van der Waals surface area contributed by atoms with Gasteiger partial charge in [0.2, 0.25) is 15.9 Å². The Hall–Kier alpha value is -1.64. The van der Waals surface area contributed by atoms with Gasteiger partial charge in [0.1, 0.15) is 5.75 Å². The van der Waals surface area contributed by atoms with Gasteiger partial charge in [-0.3, -0.25) is 10.2 Å². The monoisotopic (exact) mass is 327 g/mol. The third-order valence-corrected chi connectivity index (χ3v) is 5.55. The Bertz CT molecular complexity index is 615. The molecule has 22 heavy (non-hydrogen) atoms. The van der Waals surface area contributed by atoms with Gasteiger partial charge in [0.15, 0.2) is 0 Å². The normalized spacial score (nSPS) is 19.6. The first kappa shape index (κ1) is 16.7. The van der Waals surface area contributed by atoms with Gasteiger partial charge in [0, 0.05) is 13.1 Å². The lowest BCUT2D eigenvalue weighted by Crippen LogP contribution is -2.46. The van der Waals surface area contributed by atoms with Crippen LogP contribution in [-0.2, 0) is 14.8 Å². The van der Waals surface area contributed by atoms with E-state index in [2.05, 4.69) is 5.43 Å². The molecule has 1 aromatic carbocycles. The van der Waals surface area contributed by atoms with Crippen molar-refractivity contribution in [3.05, 3.63) is 24.3 Å². The van der Waals surface area contributed by atoms with E-state index < -0.39 is 15.9 Å². The fourth-order valence-electron chi connectivity index (χ4n) is 2.52. The van der Waals surface area contributed by atoms with Crippen molar-refractivity contribution in [1.82, 2.24) is 9.73 Å². The van der Waals surface area contributed by atoms with Gasteiger partial charge in [-0.1, -0.05) is 0 Å². The van der Waals surface area contributed by atoms with Crippen LogP contribution >= 0.6 is 0 Å². The number of nitrogens with zero attached hydrogens (tertiary/aromatic N) is 1. The number of nitrogens with two attached hydrogens (primary N) is 1. The van der Waals surface area contributed by atoms with Crippen LogP contribution in [0.25, 0.3) is 0 Å². The number of carbonyl (C=O) groups excluding carboxylic acids is 1. The Kier molecular flexibility index (Phi) is 5.38. The van der Waals surface area contributed by atoms with E-state index >= 15 is 0 Å². The summed E-state index contributed by atoms with van der Waals surface area (Å²) >= 11 is 0. The van der Waals surface area contributed by atoms with E-state index in [1.807, 2.05) is 6.92 Å². The van der Waals surface area contributed by atoms with E-state index in [1.54, 1.807) is 12.1 Å². The molecule has 1 fully saturated rings. The predicted molar refractivity (Wildman–Crippen MR) is 81.4 cm³/mol. The van der Waals surface area contributed by atoms with Crippen LogP contribution in [0.4, 0.5) is 0 Å². The molecule has 0 saturated carbocycles. The molecule has 0 spiro atoms. The highest BCUT2D eigenvalue weighted by molar-refractivity contribution is 7.89. The van der Waals surface area contributed by atoms with E-state index in [1.165, 1.54) is 16.4 Å². The Morgan fingerprint density at radius 2 is 2.09 bits per heavy atom. The van der Waals surface area contributed by atoms with Crippen LogP contribution < -0.4 is 16.0 Å². The fourth-order valence-corrected chi connectivity index (χ4v) is 4.04. The molecule has 0 aliphatic carbocycles. The molecular formula is C14H21N3O4S. The minimum atomic E-state index is -3.61. The van der Waals surface area contributed by atoms with Gasteiger partial charge in [-0.2, -0.15) is 4.31 Å². The van der Waals surface area contributed by atoms with Crippen molar-refractivity contribution in [1.29, 1.82) is 0 Å². The highest BCUT2D eigenvalue weighted by atomic mass is 32.2. The van der Waals surface area contributed by atoms with Crippen LogP contribution in [0.2, 0.25) is 0 Å². The Balaban J connectivity index is 2.16. The SMILES string of the molecule is CCOc1ccc(S(=O)(=O)N2CCC[C@@H](C(=O)NN)C2)cc1. The van der Waals surface area contributed by atoms with Gasteiger partial charge in [-0.05, 0) is 44.0 Å². The zero-order chi connectivity index (χ0) is 16.2. The molecular weight excluding hydrogens is 306 g/mol. The van der Waals surface area contributed by atoms with Crippen molar-refractivity contribution < 1.29 is 17.9 Å². The smallest absolute Gasteiger partial charge is 0.243 e. The van der Waals surface area contributed by atoms with Crippen molar-refractivity contribution in [2.24, 2.45) is 11.8 Å². The average Bonchev–Trinajstić information content (AvgIpc) is 2.55. The standard InChI is InChI=1S/C14H21N3O4S/c1-2-21-12-5-7-13(8-6-12)22(19,20)17-9-3-4-11(10-17)14(18)16-15/h5-8,11H,2-4,9-10,15H2,1H3,(H,16,18)/t11-/m1/s1. The summed E-state index contributed by atoms with van der Waals surface area (Å²) in [7, 11) is -3.61. The molecule has 1 saturated heterocycles. The number of ether oxygens (including phenoxy) is 1. The lowest BCUT2D eigenvalue weighted by molar-refractivity contribution is -0.126. The summed E-state index contributed by atoms with van der Waals surface area (Å²) in [5, 5.41) is 0. The summed E-state index contributed by atoms with van der Waals surface area (Å²) in [6.07, 6.45) is 1.27. The first-order valence-corrected chi connectivity index (χ1v) is 8.66. The number of sulfonamides is 1. The molecule has 3 N–H and O–H groups in total. The number of rotatable bonds is 5. The zero-order valence-corrected chi connectivity index (χ0v) is 13.3. The largest absolute Gasteiger partial charge is 0.494 e. The lowest BCUT2D eigenvalue weighted by atomic mass is 9.99. The molecule has 1 aliphatic heterocycles. The molecule has 0 radical (unpaired) electrons. The number of nitrogens with one attached hydrogen (secondary N) is 1. The predicted octanol–water partition coefficient (Wildman–Crippen LogP) is 0.476. The lowest BCUT2D eigenvalue weighted by Gasteiger charge is -2.30. The Morgan fingerprint density at radius 1 is 1.41 bits per heavy atom. The molecule has 1 aromatic rings. The van der Waals surface area contributed by atoms with E-state index in [0.717, 1.165) is 0 Å². The van der Waals surface area contributed by atoms with Crippen LogP contribution in [0.1, 0.15) is 19.8 Å². The topological polar surface area (TPSA) is 102 Å². The molecule has 1 atom stereocenters. The number of piperidine rings is 1. The summed E-state index contributed by atoms with van der Waals surface area (Å²) in [5.74, 6) is 5.02. The fraction of sp³-hybridized carbons (Fsp3) is 0.500. The molecule has 1 amide bonds. The third-order valence-electron chi connectivity index (χ3n) is 3.67. The van der Waals surface area contributed by atoms with Crippen molar-refractivity contribution in [3.63, 3.8) is 0 Å². The van der Waals surface area contributed by atoms with E-state index in [-0.39, 0.29) is 17.3 Å². The number of carbonyl (C=O) groups is 1. The molecule has 1 heterocycles. The number of amides is 1. The minimum Gasteiger partial charge on any atom is -0.494 e. The molecule has 8 heteroatoms. The van der Waals surface area contributed by atoms with Crippen molar-refractivity contribution in [2.75, 3.05) is 19.7 Å². The zero-order valence-electron chi connectivity index (χ0n) is 12.5. The second-order valence-electron chi connectivity index (χ2n) is 5.12. The van der Waals surface area contributed by atoms with Gasteiger partial charge < -0.3 is 4.74 Å². The molecule has 122 valence electrons. The van der Waals surface area contributed by atoms with Crippen LogP contribution in [-0.4, -0.2) is 38.3 Å². The average molecular weight is 327 g/mol. The number of hydrogen-bond donors (Lipinski definition) is 2. The Labute approximate surface area is 130 Å².